The molecule has 2 aromatic rings. The lowest BCUT2D eigenvalue weighted by Crippen LogP contribution is -2.24. The zero-order valence-electron chi connectivity index (χ0n) is 10.7. The van der Waals surface area contributed by atoms with Crippen molar-refractivity contribution in [1.82, 2.24) is 14.7 Å². The molecule has 0 radical (unpaired) electrons. The fourth-order valence-corrected chi connectivity index (χ4v) is 2.90. The molecule has 0 atom stereocenters. The standard InChI is InChI=1S/C12H13ClN4O2S/c1-8-15-5-4-10(17-8)7-16-20(18,19)12-3-2-9(13)6-11(12)14/h2-6,16H,7,14H2,1H3. The highest BCUT2D eigenvalue weighted by Gasteiger charge is 2.17. The van der Waals surface area contributed by atoms with Gasteiger partial charge < -0.3 is 5.73 Å². The molecule has 0 aliphatic heterocycles. The highest BCUT2D eigenvalue weighted by molar-refractivity contribution is 7.89. The van der Waals surface area contributed by atoms with Crippen LogP contribution >= 0.6 is 11.6 Å². The Labute approximate surface area is 122 Å². The number of sulfonamides is 1. The maximum atomic E-state index is 12.1. The first-order chi connectivity index (χ1) is 9.38. The van der Waals surface area contributed by atoms with Crippen LogP contribution in [0, 0.1) is 6.92 Å². The van der Waals surface area contributed by atoms with Crippen molar-refractivity contribution in [3.05, 3.63) is 47.0 Å². The zero-order chi connectivity index (χ0) is 14.8. The topological polar surface area (TPSA) is 98.0 Å². The van der Waals surface area contributed by atoms with Crippen molar-refractivity contribution in [1.29, 1.82) is 0 Å². The fraction of sp³-hybridized carbons (Fsp3) is 0.167. The van der Waals surface area contributed by atoms with Gasteiger partial charge in [0.25, 0.3) is 0 Å². The van der Waals surface area contributed by atoms with Crippen molar-refractivity contribution in [2.45, 2.75) is 18.4 Å². The van der Waals surface area contributed by atoms with Crippen molar-refractivity contribution in [2.24, 2.45) is 0 Å². The first-order valence-electron chi connectivity index (χ1n) is 5.72. The number of nitrogens with one attached hydrogen (secondary N) is 1. The molecule has 3 N–H and O–H groups in total. The summed E-state index contributed by atoms with van der Waals surface area (Å²) < 4.78 is 26.7. The van der Waals surface area contributed by atoms with Crippen LogP contribution in [-0.4, -0.2) is 18.4 Å². The molecule has 1 heterocycles. The Morgan fingerprint density at radius 2 is 2.10 bits per heavy atom. The number of nitrogens with two attached hydrogens (primary N) is 1. The number of rotatable bonds is 4. The average Bonchev–Trinajstić information content (AvgIpc) is 2.36. The second-order valence-corrected chi connectivity index (χ2v) is 6.27. The quantitative estimate of drug-likeness (QED) is 0.834. The summed E-state index contributed by atoms with van der Waals surface area (Å²) in [6.45, 7) is 1.79. The molecule has 0 saturated carbocycles. The van der Waals surface area contributed by atoms with E-state index >= 15 is 0 Å². The number of nitrogens with zero attached hydrogens (tertiary/aromatic N) is 2. The number of halogens is 1. The van der Waals surface area contributed by atoms with Gasteiger partial charge in [-0.1, -0.05) is 11.6 Å². The minimum atomic E-state index is -3.71. The van der Waals surface area contributed by atoms with Gasteiger partial charge in [-0.25, -0.2) is 23.1 Å². The third-order valence-corrected chi connectivity index (χ3v) is 4.25. The Hall–Kier alpha value is -1.70. The molecule has 20 heavy (non-hydrogen) atoms. The SMILES string of the molecule is Cc1nccc(CNS(=O)(=O)c2ccc(Cl)cc2N)n1. The molecule has 6 nitrogen and oxygen atoms in total. The monoisotopic (exact) mass is 312 g/mol. The summed E-state index contributed by atoms with van der Waals surface area (Å²) in [4.78, 5) is 8.05. The van der Waals surface area contributed by atoms with Gasteiger partial charge >= 0.3 is 0 Å². The molecule has 0 fully saturated rings. The van der Waals surface area contributed by atoms with Gasteiger partial charge in [-0.3, -0.25) is 0 Å². The first kappa shape index (κ1) is 14.7. The van der Waals surface area contributed by atoms with Gasteiger partial charge in [-0.05, 0) is 31.2 Å². The van der Waals surface area contributed by atoms with Crippen molar-refractivity contribution < 1.29 is 8.42 Å². The molecule has 0 aliphatic rings. The normalized spacial score (nSPS) is 11.5. The summed E-state index contributed by atoms with van der Waals surface area (Å²) in [5.41, 5.74) is 6.35. The van der Waals surface area contributed by atoms with E-state index in [1.807, 2.05) is 0 Å². The molecular formula is C12H13ClN4O2S. The molecule has 0 saturated heterocycles. The van der Waals surface area contributed by atoms with E-state index in [2.05, 4.69) is 14.7 Å². The van der Waals surface area contributed by atoms with Crippen LogP contribution in [0.1, 0.15) is 11.5 Å². The average molecular weight is 313 g/mol. The van der Waals surface area contributed by atoms with Crippen LogP contribution in [-0.2, 0) is 16.6 Å². The molecule has 0 bridgehead atoms. The van der Waals surface area contributed by atoms with Crippen LogP contribution in [0.5, 0.6) is 0 Å². The lowest BCUT2D eigenvalue weighted by Gasteiger charge is -2.09. The van der Waals surface area contributed by atoms with E-state index in [-0.39, 0.29) is 17.1 Å². The lowest BCUT2D eigenvalue weighted by atomic mass is 10.3. The summed E-state index contributed by atoms with van der Waals surface area (Å²) in [5, 5.41) is 0.382. The zero-order valence-corrected chi connectivity index (χ0v) is 12.2. The predicted octanol–water partition coefficient (Wildman–Crippen LogP) is 1.50. The van der Waals surface area contributed by atoms with E-state index in [1.165, 1.54) is 18.2 Å². The lowest BCUT2D eigenvalue weighted by molar-refractivity contribution is 0.580. The molecule has 1 aromatic carbocycles. The first-order valence-corrected chi connectivity index (χ1v) is 7.58. The number of nitrogen functional groups attached to an aromatic ring is 1. The molecular weight excluding hydrogens is 300 g/mol. The van der Waals surface area contributed by atoms with Gasteiger partial charge in [0.05, 0.1) is 17.9 Å². The Bertz CT molecular complexity index is 734. The Kier molecular flexibility index (Phi) is 4.22. The number of aryl methyl sites for hydroxylation is 1. The predicted molar refractivity (Wildman–Crippen MR) is 76.7 cm³/mol. The summed E-state index contributed by atoms with van der Waals surface area (Å²) >= 11 is 5.75. The van der Waals surface area contributed by atoms with Gasteiger partial charge in [-0.2, -0.15) is 0 Å². The van der Waals surface area contributed by atoms with E-state index in [4.69, 9.17) is 17.3 Å². The van der Waals surface area contributed by atoms with Gasteiger partial charge in [-0.15, -0.1) is 0 Å². The molecule has 0 spiro atoms. The molecule has 1 aromatic heterocycles. The summed E-state index contributed by atoms with van der Waals surface area (Å²) in [7, 11) is -3.71. The minimum Gasteiger partial charge on any atom is -0.398 e. The second-order valence-electron chi connectivity index (χ2n) is 4.10. The fourth-order valence-electron chi connectivity index (χ4n) is 1.61. The molecule has 2 rings (SSSR count). The van der Waals surface area contributed by atoms with E-state index in [0.717, 1.165) is 0 Å². The van der Waals surface area contributed by atoms with E-state index in [0.29, 0.717) is 16.5 Å². The van der Waals surface area contributed by atoms with Crippen LogP contribution in [0.3, 0.4) is 0 Å². The third kappa shape index (κ3) is 3.44. The second kappa shape index (κ2) is 5.74. The number of anilines is 1. The summed E-state index contributed by atoms with van der Waals surface area (Å²) in [6, 6.07) is 5.87. The summed E-state index contributed by atoms with van der Waals surface area (Å²) in [6.07, 6.45) is 1.57. The van der Waals surface area contributed by atoms with Gasteiger partial charge in [0.1, 0.15) is 10.7 Å². The number of aromatic nitrogens is 2. The third-order valence-electron chi connectivity index (χ3n) is 2.54. The van der Waals surface area contributed by atoms with Gasteiger partial charge in [0, 0.05) is 11.2 Å². The van der Waals surface area contributed by atoms with Crippen molar-refractivity contribution in [3.63, 3.8) is 0 Å². The molecule has 0 amide bonds. The van der Waals surface area contributed by atoms with Crippen LogP contribution in [0.4, 0.5) is 5.69 Å². The molecule has 0 unspecified atom stereocenters. The summed E-state index contributed by atoms with van der Waals surface area (Å²) in [5.74, 6) is 0.577. The Morgan fingerprint density at radius 1 is 1.35 bits per heavy atom. The molecule has 8 heteroatoms. The number of benzene rings is 1. The number of hydrogen-bond acceptors (Lipinski definition) is 5. The van der Waals surface area contributed by atoms with Crippen molar-refractivity contribution in [3.8, 4) is 0 Å². The van der Waals surface area contributed by atoms with Crippen LogP contribution < -0.4 is 10.5 Å². The van der Waals surface area contributed by atoms with E-state index in [1.54, 1.807) is 19.2 Å². The molecule has 0 aliphatic carbocycles. The highest BCUT2D eigenvalue weighted by atomic mass is 35.5. The minimum absolute atomic E-state index is 0.00678. The maximum absolute atomic E-state index is 12.1. The van der Waals surface area contributed by atoms with Crippen LogP contribution in [0.15, 0.2) is 35.4 Å². The molecule has 106 valence electrons. The smallest absolute Gasteiger partial charge is 0.242 e. The Morgan fingerprint density at radius 3 is 2.75 bits per heavy atom. The van der Waals surface area contributed by atoms with E-state index < -0.39 is 10.0 Å². The Balaban J connectivity index is 2.19. The van der Waals surface area contributed by atoms with Gasteiger partial charge in [0.2, 0.25) is 10.0 Å². The van der Waals surface area contributed by atoms with Crippen LogP contribution in [0.2, 0.25) is 5.02 Å². The van der Waals surface area contributed by atoms with E-state index in [9.17, 15) is 8.42 Å². The highest BCUT2D eigenvalue weighted by Crippen LogP contribution is 2.22. The number of hydrogen-bond donors (Lipinski definition) is 2. The largest absolute Gasteiger partial charge is 0.398 e. The maximum Gasteiger partial charge on any atom is 0.242 e. The van der Waals surface area contributed by atoms with Gasteiger partial charge in [0.15, 0.2) is 0 Å². The van der Waals surface area contributed by atoms with Crippen molar-refractivity contribution >= 4 is 27.3 Å². The van der Waals surface area contributed by atoms with Crippen molar-refractivity contribution in [2.75, 3.05) is 5.73 Å². The van der Waals surface area contributed by atoms with Crippen LogP contribution in [0.25, 0.3) is 0 Å².